The van der Waals surface area contributed by atoms with Crippen LogP contribution in [0.4, 0.5) is 0 Å². The van der Waals surface area contributed by atoms with E-state index < -0.39 is 24.0 Å². The summed E-state index contributed by atoms with van der Waals surface area (Å²) in [7, 11) is 0. The number of amides is 1. The fourth-order valence-electron chi connectivity index (χ4n) is 2.16. The van der Waals surface area contributed by atoms with E-state index in [0.717, 1.165) is 0 Å². The number of carboxylic acid groups (broad SMARTS) is 2. The summed E-state index contributed by atoms with van der Waals surface area (Å²) in [6.45, 7) is 2.68. The van der Waals surface area contributed by atoms with Crippen LogP contribution < -0.4 is 15.8 Å². The highest BCUT2D eigenvalue weighted by atomic mass is 35.5. The summed E-state index contributed by atoms with van der Waals surface area (Å²) in [5.74, 6) is -1.21. The first kappa shape index (κ1) is 25.2. The Bertz CT molecular complexity index is 907. The number of rotatable bonds is 7. The van der Waals surface area contributed by atoms with Gasteiger partial charge in [0.15, 0.2) is 0 Å². The van der Waals surface area contributed by atoms with Gasteiger partial charge < -0.3 is 26.0 Å². The monoisotopic (exact) mass is 456 g/mol. The van der Waals surface area contributed by atoms with Gasteiger partial charge in [0.1, 0.15) is 17.5 Å². The molecule has 0 aliphatic rings. The second-order valence-corrected chi connectivity index (χ2v) is 7.03. The highest BCUT2D eigenvalue weighted by molar-refractivity contribution is 6.42. The maximum absolute atomic E-state index is 10.7. The van der Waals surface area contributed by atoms with Gasteiger partial charge in [-0.3, -0.25) is 14.4 Å². The van der Waals surface area contributed by atoms with Crippen LogP contribution in [0, 0.1) is 0 Å². The van der Waals surface area contributed by atoms with E-state index in [2.05, 4.69) is 5.32 Å². The summed E-state index contributed by atoms with van der Waals surface area (Å²) in [4.78, 5) is 30.9. The predicted molar refractivity (Wildman–Crippen MR) is 113 cm³/mol. The summed E-state index contributed by atoms with van der Waals surface area (Å²) in [6.07, 6.45) is -0.143. The number of carboxylic acids is 2. The number of ether oxygens (including phenoxy) is 1. The van der Waals surface area contributed by atoms with Gasteiger partial charge in [-0.2, -0.15) is 0 Å². The molecule has 0 aliphatic heterocycles. The molecule has 0 spiro atoms. The number of benzene rings is 2. The lowest BCUT2D eigenvalue weighted by Gasteiger charge is -2.12. The van der Waals surface area contributed by atoms with Crippen LogP contribution in [-0.4, -0.2) is 34.1 Å². The first-order valence-corrected chi connectivity index (χ1v) is 9.45. The SMILES string of the molecule is CC(=O)NC(C)C(=O)O.NC(CC(=O)O)c1cccc(Oc2ccc(Cl)c(Cl)c2)c1. The van der Waals surface area contributed by atoms with Crippen molar-refractivity contribution in [2.75, 3.05) is 0 Å². The van der Waals surface area contributed by atoms with E-state index in [9.17, 15) is 14.4 Å². The molecule has 2 aromatic carbocycles. The average Bonchev–Trinajstić information content (AvgIpc) is 2.64. The van der Waals surface area contributed by atoms with Crippen LogP contribution in [0.25, 0.3) is 0 Å². The second-order valence-electron chi connectivity index (χ2n) is 6.22. The van der Waals surface area contributed by atoms with E-state index >= 15 is 0 Å². The maximum atomic E-state index is 10.7. The van der Waals surface area contributed by atoms with Gasteiger partial charge in [-0.05, 0) is 36.8 Å². The van der Waals surface area contributed by atoms with Crippen molar-refractivity contribution >= 4 is 41.0 Å². The Hall–Kier alpha value is -2.81. The molecule has 5 N–H and O–H groups in total. The zero-order valence-electron chi connectivity index (χ0n) is 16.3. The Kier molecular flexibility index (Phi) is 10.1. The first-order valence-electron chi connectivity index (χ1n) is 8.69. The summed E-state index contributed by atoms with van der Waals surface area (Å²) >= 11 is 11.8. The van der Waals surface area contributed by atoms with Gasteiger partial charge in [0.2, 0.25) is 5.91 Å². The van der Waals surface area contributed by atoms with Crippen molar-refractivity contribution in [3.8, 4) is 11.5 Å². The number of aliphatic carboxylic acids is 2. The fraction of sp³-hybridized carbons (Fsp3) is 0.250. The van der Waals surface area contributed by atoms with E-state index in [4.69, 9.17) is 43.9 Å². The molecule has 0 saturated carbocycles. The molecule has 0 heterocycles. The summed E-state index contributed by atoms with van der Waals surface area (Å²) in [5.41, 5.74) is 6.52. The molecule has 10 heteroatoms. The third-order valence-corrected chi connectivity index (χ3v) is 4.34. The van der Waals surface area contributed by atoms with Crippen molar-refractivity contribution in [2.24, 2.45) is 5.73 Å². The smallest absolute Gasteiger partial charge is 0.325 e. The number of nitrogens with two attached hydrogens (primary N) is 1. The van der Waals surface area contributed by atoms with Gasteiger partial charge in [0.25, 0.3) is 0 Å². The minimum atomic E-state index is -1.02. The molecule has 2 rings (SSSR count). The van der Waals surface area contributed by atoms with Crippen molar-refractivity contribution in [1.82, 2.24) is 5.32 Å². The molecule has 0 aliphatic carbocycles. The Balaban J connectivity index is 0.000000424. The van der Waals surface area contributed by atoms with E-state index in [1.54, 1.807) is 42.5 Å². The number of hydrogen-bond acceptors (Lipinski definition) is 5. The number of carbonyl (C=O) groups excluding carboxylic acids is 1. The third-order valence-electron chi connectivity index (χ3n) is 3.60. The zero-order valence-corrected chi connectivity index (χ0v) is 17.8. The molecular weight excluding hydrogens is 435 g/mol. The Labute approximate surface area is 183 Å². The van der Waals surface area contributed by atoms with Gasteiger partial charge >= 0.3 is 11.9 Å². The van der Waals surface area contributed by atoms with Crippen LogP contribution in [0.1, 0.15) is 31.9 Å². The molecule has 0 radical (unpaired) electrons. The number of hydrogen-bond donors (Lipinski definition) is 4. The molecule has 2 unspecified atom stereocenters. The molecule has 2 atom stereocenters. The van der Waals surface area contributed by atoms with Crippen LogP contribution in [0.15, 0.2) is 42.5 Å². The Morgan fingerprint density at radius 2 is 1.70 bits per heavy atom. The molecule has 30 heavy (non-hydrogen) atoms. The number of carbonyl (C=O) groups is 3. The van der Waals surface area contributed by atoms with E-state index in [0.29, 0.717) is 27.1 Å². The quantitative estimate of drug-likeness (QED) is 0.495. The first-order chi connectivity index (χ1) is 14.0. The number of halogens is 2. The molecule has 1 amide bonds. The Morgan fingerprint density at radius 1 is 1.07 bits per heavy atom. The third kappa shape index (κ3) is 9.13. The maximum Gasteiger partial charge on any atom is 0.325 e. The summed E-state index contributed by atoms with van der Waals surface area (Å²) in [6, 6.07) is 10.5. The highest BCUT2D eigenvalue weighted by Gasteiger charge is 2.12. The highest BCUT2D eigenvalue weighted by Crippen LogP contribution is 2.30. The van der Waals surface area contributed by atoms with Crippen LogP contribution in [0.2, 0.25) is 10.0 Å². The van der Waals surface area contributed by atoms with Crippen molar-refractivity contribution in [2.45, 2.75) is 32.4 Å². The lowest BCUT2D eigenvalue weighted by atomic mass is 10.0. The normalized spacial score (nSPS) is 12.0. The largest absolute Gasteiger partial charge is 0.481 e. The Morgan fingerprint density at radius 3 is 2.20 bits per heavy atom. The standard InChI is InChI=1S/C15H13Cl2NO3.C5H9NO3/c16-12-5-4-11(7-13(12)17)21-10-3-1-2-9(6-10)14(18)8-15(19)20;1-3(5(8)9)6-4(2)7/h1-7,14H,8,18H2,(H,19,20);3H,1-2H3,(H,6,7)(H,8,9). The molecule has 0 aromatic heterocycles. The van der Waals surface area contributed by atoms with E-state index in [1.165, 1.54) is 13.8 Å². The van der Waals surface area contributed by atoms with Crippen molar-refractivity contribution in [3.63, 3.8) is 0 Å². The molecule has 0 bridgehead atoms. The molecule has 0 saturated heterocycles. The lowest BCUT2D eigenvalue weighted by Crippen LogP contribution is -2.36. The molecule has 2 aromatic rings. The van der Waals surface area contributed by atoms with Crippen LogP contribution in [0.5, 0.6) is 11.5 Å². The lowest BCUT2D eigenvalue weighted by molar-refractivity contribution is -0.141. The topological polar surface area (TPSA) is 139 Å². The summed E-state index contributed by atoms with van der Waals surface area (Å²) in [5, 5.41) is 20.0. The van der Waals surface area contributed by atoms with Gasteiger partial charge in [-0.15, -0.1) is 0 Å². The minimum Gasteiger partial charge on any atom is -0.481 e. The minimum absolute atomic E-state index is 0.143. The zero-order chi connectivity index (χ0) is 22.8. The van der Waals surface area contributed by atoms with Gasteiger partial charge in [0, 0.05) is 19.0 Å². The second kappa shape index (κ2) is 12.0. The van der Waals surface area contributed by atoms with Gasteiger partial charge in [-0.1, -0.05) is 35.3 Å². The van der Waals surface area contributed by atoms with Gasteiger partial charge in [0.05, 0.1) is 16.5 Å². The number of nitrogens with one attached hydrogen (secondary N) is 1. The molecular formula is C20H22Cl2N2O6. The average molecular weight is 457 g/mol. The molecule has 8 nitrogen and oxygen atoms in total. The van der Waals surface area contributed by atoms with Gasteiger partial charge in [-0.25, -0.2) is 0 Å². The van der Waals surface area contributed by atoms with Crippen LogP contribution >= 0.6 is 23.2 Å². The van der Waals surface area contributed by atoms with E-state index in [-0.39, 0.29) is 12.3 Å². The fourth-order valence-corrected chi connectivity index (χ4v) is 2.45. The molecule has 162 valence electrons. The predicted octanol–water partition coefficient (Wildman–Crippen LogP) is 3.86. The summed E-state index contributed by atoms with van der Waals surface area (Å²) < 4.78 is 5.66. The van der Waals surface area contributed by atoms with Crippen LogP contribution in [0.3, 0.4) is 0 Å². The van der Waals surface area contributed by atoms with Crippen LogP contribution in [-0.2, 0) is 14.4 Å². The van der Waals surface area contributed by atoms with Crippen molar-refractivity contribution in [1.29, 1.82) is 0 Å². The molecule has 0 fully saturated rings. The van der Waals surface area contributed by atoms with Crippen molar-refractivity contribution < 1.29 is 29.3 Å². The van der Waals surface area contributed by atoms with E-state index in [1.807, 2.05) is 0 Å². The van der Waals surface area contributed by atoms with Crippen molar-refractivity contribution in [3.05, 3.63) is 58.1 Å².